The van der Waals surface area contributed by atoms with E-state index >= 15 is 0 Å². The minimum absolute atomic E-state index is 0.0674. The number of esters is 3. The van der Waals surface area contributed by atoms with Gasteiger partial charge in [-0.3, -0.25) is 9.59 Å². The van der Waals surface area contributed by atoms with Gasteiger partial charge in [-0.1, -0.05) is 35.9 Å². The van der Waals surface area contributed by atoms with Crippen LogP contribution in [-0.4, -0.2) is 73.2 Å². The van der Waals surface area contributed by atoms with Crippen molar-refractivity contribution in [3.05, 3.63) is 65.7 Å². The third-order valence-corrected chi connectivity index (χ3v) is 7.39. The second-order valence-electron chi connectivity index (χ2n) is 8.10. The van der Waals surface area contributed by atoms with E-state index in [1.165, 1.54) is 24.3 Å². The molecule has 2 aromatic carbocycles. The summed E-state index contributed by atoms with van der Waals surface area (Å²) in [5, 5.41) is 10.2. The molecule has 1 N–H and O–H groups in total. The molecule has 0 amide bonds. The molecule has 3 rings (SSSR count). The van der Waals surface area contributed by atoms with Crippen molar-refractivity contribution in [1.82, 2.24) is 4.31 Å². The molecule has 11 heteroatoms. The van der Waals surface area contributed by atoms with Crippen molar-refractivity contribution in [3.8, 4) is 0 Å². The van der Waals surface area contributed by atoms with Crippen LogP contribution in [0.4, 0.5) is 0 Å². The number of aliphatic hydroxyl groups excluding tert-OH is 1. The molecule has 0 unspecified atom stereocenters. The van der Waals surface area contributed by atoms with Gasteiger partial charge < -0.3 is 19.3 Å². The maximum absolute atomic E-state index is 13.6. The second-order valence-corrected chi connectivity index (χ2v) is 9.99. The predicted octanol–water partition coefficient (Wildman–Crippen LogP) is 1.45. The molecule has 188 valence electrons. The number of sulfonamides is 1. The lowest BCUT2D eigenvalue weighted by atomic mass is 9.95. The molecule has 10 nitrogen and oxygen atoms in total. The third-order valence-electron chi connectivity index (χ3n) is 5.49. The largest absolute Gasteiger partial charge is 0.457 e. The van der Waals surface area contributed by atoms with Crippen LogP contribution in [-0.2, 0) is 33.8 Å². The first-order valence-electron chi connectivity index (χ1n) is 10.8. The number of aliphatic hydroxyl groups is 1. The average molecular weight is 506 g/mol. The normalized spacial score (nSPS) is 22.7. The van der Waals surface area contributed by atoms with E-state index in [9.17, 15) is 27.9 Å². The number of carbonyl (C=O) groups is 3. The lowest BCUT2D eigenvalue weighted by molar-refractivity contribution is -0.190. The molecule has 0 aromatic heterocycles. The molecule has 1 aliphatic rings. The smallest absolute Gasteiger partial charge is 0.338 e. The summed E-state index contributed by atoms with van der Waals surface area (Å²) in [6.45, 7) is 2.84. The standard InChI is InChI=1S/C24H27NO9S/c1-15-9-11-19(12-10-15)35(30,31)25-13-21(32-16(2)27)23(33-17(3)28)22(20(25)14-26)34-24(29)18-7-5-4-6-8-18/h4-12,20-23,26H,13-14H2,1-3H3/t20-,21-,22-,23+/m1/s1. The first kappa shape index (κ1) is 26.3. The highest BCUT2D eigenvalue weighted by Gasteiger charge is 2.53. The van der Waals surface area contributed by atoms with Gasteiger partial charge in [0.2, 0.25) is 10.0 Å². The van der Waals surface area contributed by atoms with E-state index < -0.39 is 65.4 Å². The highest BCUT2D eigenvalue weighted by molar-refractivity contribution is 7.89. The van der Waals surface area contributed by atoms with Gasteiger partial charge in [-0.2, -0.15) is 4.31 Å². The summed E-state index contributed by atoms with van der Waals surface area (Å²) in [5.41, 5.74) is 0.997. The van der Waals surface area contributed by atoms with E-state index in [1.54, 1.807) is 37.3 Å². The minimum Gasteiger partial charge on any atom is -0.457 e. The Bertz CT molecular complexity index is 1170. The van der Waals surface area contributed by atoms with E-state index in [1.807, 2.05) is 0 Å². The molecule has 1 aliphatic heterocycles. The molecular formula is C24H27NO9S. The van der Waals surface area contributed by atoms with E-state index in [0.29, 0.717) is 0 Å². The molecule has 1 saturated heterocycles. The van der Waals surface area contributed by atoms with Crippen LogP contribution in [0.1, 0.15) is 29.8 Å². The Labute approximate surface area is 203 Å². The number of piperidine rings is 1. The van der Waals surface area contributed by atoms with E-state index in [-0.39, 0.29) is 10.5 Å². The van der Waals surface area contributed by atoms with E-state index in [2.05, 4.69) is 0 Å². The monoisotopic (exact) mass is 505 g/mol. The Morgan fingerprint density at radius 3 is 2.06 bits per heavy atom. The maximum atomic E-state index is 13.6. The molecule has 0 spiro atoms. The van der Waals surface area contributed by atoms with Gasteiger partial charge in [0.05, 0.1) is 29.7 Å². The summed E-state index contributed by atoms with van der Waals surface area (Å²) in [5.74, 6) is -2.35. The Balaban J connectivity index is 2.08. The Morgan fingerprint density at radius 2 is 1.51 bits per heavy atom. The van der Waals surface area contributed by atoms with Crippen LogP contribution in [0.3, 0.4) is 0 Å². The van der Waals surface area contributed by atoms with Crippen molar-refractivity contribution in [1.29, 1.82) is 0 Å². The topological polar surface area (TPSA) is 137 Å². The van der Waals surface area contributed by atoms with Gasteiger partial charge in [0.25, 0.3) is 0 Å². The van der Waals surface area contributed by atoms with Gasteiger partial charge >= 0.3 is 17.9 Å². The van der Waals surface area contributed by atoms with Crippen LogP contribution < -0.4 is 0 Å². The second kappa shape index (κ2) is 11.0. The van der Waals surface area contributed by atoms with Gasteiger partial charge in [0.1, 0.15) is 0 Å². The number of carbonyl (C=O) groups excluding carboxylic acids is 3. The number of rotatable bonds is 7. The number of aryl methyl sites for hydroxylation is 1. The van der Waals surface area contributed by atoms with Gasteiger partial charge in [0.15, 0.2) is 18.3 Å². The zero-order valence-corrected chi connectivity index (χ0v) is 20.3. The van der Waals surface area contributed by atoms with Gasteiger partial charge in [0, 0.05) is 13.8 Å². The quantitative estimate of drug-likeness (QED) is 0.438. The van der Waals surface area contributed by atoms with Gasteiger partial charge in [-0.15, -0.1) is 0 Å². The van der Waals surface area contributed by atoms with Crippen LogP contribution in [0.2, 0.25) is 0 Å². The van der Waals surface area contributed by atoms with Crippen molar-refractivity contribution >= 4 is 27.9 Å². The van der Waals surface area contributed by atoms with Crippen molar-refractivity contribution in [3.63, 3.8) is 0 Å². The number of hydrogen-bond acceptors (Lipinski definition) is 9. The molecule has 0 bridgehead atoms. The van der Waals surface area contributed by atoms with Crippen LogP contribution in [0.5, 0.6) is 0 Å². The zero-order chi connectivity index (χ0) is 25.8. The maximum Gasteiger partial charge on any atom is 0.338 e. The predicted molar refractivity (Wildman–Crippen MR) is 123 cm³/mol. The Kier molecular flexibility index (Phi) is 8.26. The first-order valence-corrected chi connectivity index (χ1v) is 12.3. The summed E-state index contributed by atoms with van der Waals surface area (Å²) in [4.78, 5) is 36.5. The molecule has 4 atom stereocenters. The average Bonchev–Trinajstić information content (AvgIpc) is 2.81. The fourth-order valence-electron chi connectivity index (χ4n) is 3.89. The number of hydrogen-bond donors (Lipinski definition) is 1. The number of nitrogens with zero attached hydrogens (tertiary/aromatic N) is 1. The lowest BCUT2D eigenvalue weighted by Gasteiger charge is -2.45. The summed E-state index contributed by atoms with van der Waals surface area (Å²) >= 11 is 0. The molecule has 0 radical (unpaired) electrons. The van der Waals surface area contributed by atoms with Crippen molar-refractivity contribution in [2.24, 2.45) is 0 Å². The van der Waals surface area contributed by atoms with Gasteiger partial charge in [-0.05, 0) is 31.2 Å². The molecule has 0 saturated carbocycles. The first-order chi connectivity index (χ1) is 16.5. The summed E-state index contributed by atoms with van der Waals surface area (Å²) in [6.07, 6.45) is -4.13. The SMILES string of the molecule is CC(=O)O[C@@H]1[C@H](OC(=O)c2ccccc2)[C@@H](CO)N(S(=O)(=O)c2ccc(C)cc2)C[C@H]1OC(C)=O. The lowest BCUT2D eigenvalue weighted by Crippen LogP contribution is -2.66. The van der Waals surface area contributed by atoms with Crippen molar-refractivity contribution in [2.75, 3.05) is 13.2 Å². The molecule has 35 heavy (non-hydrogen) atoms. The number of benzene rings is 2. The van der Waals surface area contributed by atoms with Crippen molar-refractivity contribution in [2.45, 2.75) is 50.0 Å². The summed E-state index contributed by atoms with van der Waals surface area (Å²) in [6, 6.07) is 12.6. The Morgan fingerprint density at radius 1 is 0.914 bits per heavy atom. The molecule has 0 aliphatic carbocycles. The fourth-order valence-corrected chi connectivity index (χ4v) is 5.53. The van der Waals surface area contributed by atoms with E-state index in [0.717, 1.165) is 23.7 Å². The third kappa shape index (κ3) is 6.05. The summed E-state index contributed by atoms with van der Waals surface area (Å²) in [7, 11) is -4.24. The number of ether oxygens (including phenoxy) is 3. The molecule has 1 heterocycles. The van der Waals surface area contributed by atoms with Crippen LogP contribution in [0, 0.1) is 6.92 Å². The highest BCUT2D eigenvalue weighted by atomic mass is 32.2. The fraction of sp³-hybridized carbons (Fsp3) is 0.375. The van der Waals surface area contributed by atoms with E-state index in [4.69, 9.17) is 14.2 Å². The molecule has 1 fully saturated rings. The highest BCUT2D eigenvalue weighted by Crippen LogP contribution is 2.31. The Hall–Kier alpha value is -3.28. The van der Waals surface area contributed by atoms with Crippen LogP contribution in [0.15, 0.2) is 59.5 Å². The zero-order valence-electron chi connectivity index (χ0n) is 19.5. The van der Waals surface area contributed by atoms with Crippen LogP contribution in [0.25, 0.3) is 0 Å². The minimum atomic E-state index is -4.24. The molecular weight excluding hydrogens is 478 g/mol. The van der Waals surface area contributed by atoms with Gasteiger partial charge in [-0.25, -0.2) is 13.2 Å². The van der Waals surface area contributed by atoms with Crippen LogP contribution >= 0.6 is 0 Å². The molecule has 2 aromatic rings. The summed E-state index contributed by atoms with van der Waals surface area (Å²) < 4.78 is 44.3. The van der Waals surface area contributed by atoms with Crippen molar-refractivity contribution < 1.29 is 42.1 Å².